The molecule has 0 unspecified atom stereocenters. The van der Waals surface area contributed by atoms with E-state index in [4.69, 9.17) is 4.74 Å². The fourth-order valence-electron chi connectivity index (χ4n) is 5.38. The zero-order valence-electron chi connectivity index (χ0n) is 20.7. The predicted octanol–water partition coefficient (Wildman–Crippen LogP) is 5.45. The Balaban J connectivity index is 1.15. The van der Waals surface area contributed by atoms with Crippen LogP contribution in [-0.4, -0.2) is 50.6 Å². The summed E-state index contributed by atoms with van der Waals surface area (Å²) in [6.07, 6.45) is 4.46. The number of fused-ring (bicyclic) bond motifs is 2. The van der Waals surface area contributed by atoms with Gasteiger partial charge < -0.3 is 9.64 Å². The van der Waals surface area contributed by atoms with Crippen molar-refractivity contribution in [2.45, 2.75) is 32.1 Å². The van der Waals surface area contributed by atoms with E-state index in [9.17, 15) is 4.79 Å². The largest absolute Gasteiger partial charge is 0.495 e. The minimum absolute atomic E-state index is 0.202. The lowest BCUT2D eigenvalue weighted by atomic mass is 10.0. The highest BCUT2D eigenvalue weighted by Gasteiger charge is 2.25. The van der Waals surface area contributed by atoms with E-state index in [1.54, 1.807) is 7.11 Å². The fourth-order valence-corrected chi connectivity index (χ4v) is 5.38. The number of carbonyl (C=O) groups excluding carboxylic acids is 1. The van der Waals surface area contributed by atoms with Crippen molar-refractivity contribution in [3.63, 3.8) is 0 Å². The molecule has 1 amide bonds. The van der Waals surface area contributed by atoms with Gasteiger partial charge in [0.2, 0.25) is 5.91 Å². The maximum Gasteiger partial charge on any atom is 0.231 e. The van der Waals surface area contributed by atoms with Gasteiger partial charge in [-0.3, -0.25) is 14.6 Å². The van der Waals surface area contributed by atoms with Crippen LogP contribution in [0.5, 0.6) is 5.75 Å². The highest BCUT2D eigenvalue weighted by molar-refractivity contribution is 6.02. The number of para-hydroxylation sites is 4. The highest BCUT2D eigenvalue weighted by atomic mass is 16.5. The van der Waals surface area contributed by atoms with Crippen molar-refractivity contribution in [3.05, 3.63) is 83.9 Å². The minimum atomic E-state index is 0.202. The Bertz CT molecular complexity index is 1110. The SMILES string of the molecule is COc1ccccc1N1CCN(CCCCC(=O)N2c3ccccc3CCc3ccccc32)CC1. The molecule has 3 aromatic carbocycles. The lowest BCUT2D eigenvalue weighted by Crippen LogP contribution is -2.46. The standard InChI is InChI=1S/C30H35N3O2/c1-35-29-15-7-6-14-28(29)32-22-20-31(21-23-32)19-9-8-16-30(34)33-26-12-4-2-10-24(26)17-18-25-11-3-5-13-27(25)33/h2-7,10-15H,8-9,16-23H2,1H3. The van der Waals surface area contributed by atoms with Crippen molar-refractivity contribution in [1.29, 1.82) is 0 Å². The third kappa shape index (κ3) is 5.20. The van der Waals surface area contributed by atoms with E-state index in [0.29, 0.717) is 6.42 Å². The maximum atomic E-state index is 13.5. The Morgan fingerprint density at radius 1 is 0.743 bits per heavy atom. The monoisotopic (exact) mass is 469 g/mol. The Morgan fingerprint density at radius 3 is 1.94 bits per heavy atom. The number of anilines is 3. The number of aryl methyl sites for hydroxylation is 2. The summed E-state index contributed by atoms with van der Waals surface area (Å²) in [7, 11) is 1.74. The second-order valence-electron chi connectivity index (χ2n) is 9.44. The molecule has 1 fully saturated rings. The maximum absolute atomic E-state index is 13.5. The van der Waals surface area contributed by atoms with Gasteiger partial charge in [0.1, 0.15) is 5.75 Å². The molecule has 0 aliphatic carbocycles. The van der Waals surface area contributed by atoms with E-state index >= 15 is 0 Å². The Morgan fingerprint density at radius 2 is 1.31 bits per heavy atom. The number of unbranched alkanes of at least 4 members (excludes halogenated alkanes) is 1. The van der Waals surface area contributed by atoms with Crippen LogP contribution in [0.4, 0.5) is 17.1 Å². The van der Waals surface area contributed by atoms with Gasteiger partial charge in [0, 0.05) is 32.6 Å². The van der Waals surface area contributed by atoms with Crippen molar-refractivity contribution in [3.8, 4) is 5.75 Å². The second kappa shape index (κ2) is 11.0. The number of amides is 1. The molecule has 0 N–H and O–H groups in total. The number of benzene rings is 3. The lowest BCUT2D eigenvalue weighted by Gasteiger charge is -2.36. The van der Waals surface area contributed by atoms with Crippen LogP contribution in [0, 0.1) is 0 Å². The molecule has 5 nitrogen and oxygen atoms in total. The summed E-state index contributed by atoms with van der Waals surface area (Å²) in [6, 6.07) is 25.0. The molecule has 182 valence electrons. The van der Waals surface area contributed by atoms with E-state index in [-0.39, 0.29) is 5.91 Å². The Labute approximate surface area is 208 Å². The number of ether oxygens (including phenoxy) is 1. The average molecular weight is 470 g/mol. The molecule has 5 heteroatoms. The zero-order chi connectivity index (χ0) is 24.0. The van der Waals surface area contributed by atoms with Crippen LogP contribution in [0.3, 0.4) is 0 Å². The van der Waals surface area contributed by atoms with Gasteiger partial charge in [-0.05, 0) is 67.6 Å². The average Bonchev–Trinajstić information content (AvgIpc) is 3.08. The molecular formula is C30H35N3O2. The molecule has 2 aliphatic heterocycles. The highest BCUT2D eigenvalue weighted by Crippen LogP contribution is 2.36. The van der Waals surface area contributed by atoms with Gasteiger partial charge >= 0.3 is 0 Å². The molecule has 2 heterocycles. The molecule has 5 rings (SSSR count). The van der Waals surface area contributed by atoms with Gasteiger partial charge in [0.25, 0.3) is 0 Å². The quantitative estimate of drug-likeness (QED) is 0.431. The summed E-state index contributed by atoms with van der Waals surface area (Å²) in [4.78, 5) is 20.4. The van der Waals surface area contributed by atoms with Crippen molar-refractivity contribution in [1.82, 2.24) is 4.90 Å². The number of carbonyl (C=O) groups is 1. The van der Waals surface area contributed by atoms with Crippen molar-refractivity contribution < 1.29 is 9.53 Å². The van der Waals surface area contributed by atoms with Gasteiger partial charge in [-0.25, -0.2) is 0 Å². The summed E-state index contributed by atoms with van der Waals surface area (Å²) in [5.74, 6) is 1.14. The van der Waals surface area contributed by atoms with Crippen LogP contribution in [0.15, 0.2) is 72.8 Å². The number of nitrogens with zero attached hydrogens (tertiary/aromatic N) is 3. The first-order chi connectivity index (χ1) is 17.2. The molecular weight excluding hydrogens is 434 g/mol. The van der Waals surface area contributed by atoms with Crippen LogP contribution in [0.2, 0.25) is 0 Å². The van der Waals surface area contributed by atoms with Gasteiger partial charge in [-0.1, -0.05) is 48.5 Å². The Hall–Kier alpha value is -3.31. The van der Waals surface area contributed by atoms with Crippen LogP contribution in [0.25, 0.3) is 0 Å². The smallest absolute Gasteiger partial charge is 0.231 e. The normalized spacial score (nSPS) is 15.8. The molecule has 0 bridgehead atoms. The first kappa shape index (κ1) is 23.4. The van der Waals surface area contributed by atoms with Crippen LogP contribution in [-0.2, 0) is 17.6 Å². The fraction of sp³-hybridized carbons (Fsp3) is 0.367. The topological polar surface area (TPSA) is 36.0 Å². The Kier molecular flexibility index (Phi) is 7.34. The zero-order valence-corrected chi connectivity index (χ0v) is 20.7. The summed E-state index contributed by atoms with van der Waals surface area (Å²) in [5, 5.41) is 0. The summed E-state index contributed by atoms with van der Waals surface area (Å²) >= 11 is 0. The van der Waals surface area contributed by atoms with E-state index in [1.807, 2.05) is 29.2 Å². The molecule has 0 saturated carbocycles. The number of rotatable bonds is 7. The first-order valence-corrected chi connectivity index (χ1v) is 12.8. The number of hydrogen-bond donors (Lipinski definition) is 0. The number of hydrogen-bond acceptors (Lipinski definition) is 4. The molecule has 0 aromatic heterocycles. The molecule has 1 saturated heterocycles. The molecule has 0 atom stereocenters. The van der Waals surface area contributed by atoms with Gasteiger partial charge in [-0.2, -0.15) is 0 Å². The van der Waals surface area contributed by atoms with E-state index in [1.165, 1.54) is 16.8 Å². The van der Waals surface area contributed by atoms with Crippen molar-refractivity contribution in [2.75, 3.05) is 49.6 Å². The molecule has 2 aliphatic rings. The summed E-state index contributed by atoms with van der Waals surface area (Å²) < 4.78 is 5.54. The van der Waals surface area contributed by atoms with E-state index in [0.717, 1.165) is 75.5 Å². The minimum Gasteiger partial charge on any atom is -0.495 e. The number of piperazine rings is 1. The number of methoxy groups -OCH3 is 1. The summed E-state index contributed by atoms with van der Waals surface area (Å²) in [5.41, 5.74) is 5.79. The van der Waals surface area contributed by atoms with E-state index < -0.39 is 0 Å². The molecule has 3 aromatic rings. The molecule has 0 spiro atoms. The van der Waals surface area contributed by atoms with Crippen LogP contribution >= 0.6 is 0 Å². The lowest BCUT2D eigenvalue weighted by molar-refractivity contribution is -0.118. The summed E-state index contributed by atoms with van der Waals surface area (Å²) in [6.45, 7) is 5.12. The molecule has 35 heavy (non-hydrogen) atoms. The van der Waals surface area contributed by atoms with Crippen LogP contribution in [0.1, 0.15) is 30.4 Å². The van der Waals surface area contributed by atoms with Crippen molar-refractivity contribution >= 4 is 23.0 Å². The second-order valence-corrected chi connectivity index (χ2v) is 9.44. The third-order valence-electron chi connectivity index (χ3n) is 7.29. The molecule has 0 radical (unpaired) electrons. The van der Waals surface area contributed by atoms with Crippen molar-refractivity contribution in [2.24, 2.45) is 0 Å². The van der Waals surface area contributed by atoms with Gasteiger partial charge in [0.15, 0.2) is 0 Å². The van der Waals surface area contributed by atoms with Gasteiger partial charge in [0.05, 0.1) is 24.2 Å². The van der Waals surface area contributed by atoms with Gasteiger partial charge in [-0.15, -0.1) is 0 Å². The first-order valence-electron chi connectivity index (χ1n) is 12.8. The third-order valence-corrected chi connectivity index (χ3v) is 7.29. The predicted molar refractivity (Wildman–Crippen MR) is 143 cm³/mol. The van der Waals surface area contributed by atoms with Crippen LogP contribution < -0.4 is 14.5 Å². The van der Waals surface area contributed by atoms with E-state index in [2.05, 4.69) is 58.3 Å².